The van der Waals surface area contributed by atoms with Crippen LogP contribution in [0.1, 0.15) is 82.4 Å². The Morgan fingerprint density at radius 1 is 1.02 bits per heavy atom. The van der Waals surface area contributed by atoms with Crippen LogP contribution in [0, 0.1) is 27.7 Å². The van der Waals surface area contributed by atoms with Gasteiger partial charge in [-0.15, -0.1) is 0 Å². The molecule has 0 radical (unpaired) electrons. The lowest BCUT2D eigenvalue weighted by Gasteiger charge is -2.33. The lowest BCUT2D eigenvalue weighted by atomic mass is 9.78. The summed E-state index contributed by atoms with van der Waals surface area (Å²) in [5, 5.41) is 3.00. The van der Waals surface area contributed by atoms with Gasteiger partial charge in [-0.1, -0.05) is 17.7 Å². The van der Waals surface area contributed by atoms with Crippen molar-refractivity contribution in [3.8, 4) is 11.5 Å². The number of fused-ring (bicyclic) bond motifs is 1. The number of carbonyl (C=O) groups excluding carboxylic acids is 1. The Balaban J connectivity index is 0.000000339. The number of carbonyl (C=O) groups is 1. The van der Waals surface area contributed by atoms with E-state index in [1.54, 1.807) is 12.1 Å². The summed E-state index contributed by atoms with van der Waals surface area (Å²) in [6.07, 6.45) is 3.87. The molecule has 0 saturated heterocycles. The Bertz CT molecular complexity index is 1670. The quantitative estimate of drug-likeness (QED) is 0.319. The summed E-state index contributed by atoms with van der Waals surface area (Å²) in [5.74, 6) is 1.47. The van der Waals surface area contributed by atoms with Gasteiger partial charge in [0.25, 0.3) is 21.6 Å². The van der Waals surface area contributed by atoms with E-state index >= 15 is 0 Å². The van der Waals surface area contributed by atoms with Gasteiger partial charge < -0.3 is 24.7 Å². The largest absolute Gasteiger partial charge is 0.451 e. The van der Waals surface area contributed by atoms with Gasteiger partial charge in [-0.25, -0.2) is 0 Å². The standard InChI is InChI=1S/C26H35N3O4.C7H8O3S/c1-14-11-15(2)28-25(30)21(14)13-27-26(31)23-16(3)24-22(32-17(4)33-24)12-20(23)18-7-9-19(10-8-18)29(5)6;1-6-2-4-7(5-3-6)11(8,9)10/h11-12,17-19H,7-10,13H2,1-6H3,(H,27,31)(H,28,30);2-5H,1H3,(H,8,9,10). The number of aromatic amines is 1. The van der Waals surface area contributed by atoms with Crippen LogP contribution in [0.3, 0.4) is 0 Å². The summed E-state index contributed by atoms with van der Waals surface area (Å²) < 4.78 is 41.3. The highest BCUT2D eigenvalue weighted by Gasteiger charge is 2.33. The molecule has 1 amide bonds. The number of aromatic nitrogens is 1. The summed E-state index contributed by atoms with van der Waals surface area (Å²) in [5.41, 5.74) is 5.53. The zero-order chi connectivity index (χ0) is 32.3. The molecule has 2 aliphatic rings. The third kappa shape index (κ3) is 7.69. The third-order valence-corrected chi connectivity index (χ3v) is 9.29. The van der Waals surface area contributed by atoms with Crippen molar-refractivity contribution in [2.24, 2.45) is 0 Å². The second-order valence-corrected chi connectivity index (χ2v) is 13.4. The van der Waals surface area contributed by atoms with Gasteiger partial charge in [0.1, 0.15) is 0 Å². The number of pyridine rings is 1. The minimum atomic E-state index is -4.02. The first kappa shape index (κ1) is 33.2. The van der Waals surface area contributed by atoms with Crippen LogP contribution in [0.5, 0.6) is 11.5 Å². The van der Waals surface area contributed by atoms with E-state index in [0.717, 1.165) is 53.6 Å². The fourth-order valence-electron chi connectivity index (χ4n) is 5.99. The molecule has 5 rings (SSSR count). The van der Waals surface area contributed by atoms with Gasteiger partial charge in [-0.2, -0.15) is 8.42 Å². The van der Waals surface area contributed by atoms with Crippen LogP contribution in [-0.2, 0) is 16.7 Å². The number of H-pyrrole nitrogens is 1. The lowest BCUT2D eigenvalue weighted by Crippen LogP contribution is -2.33. The molecular formula is C33H43N3O7S. The normalized spacial score (nSPS) is 19.3. The molecule has 3 N–H and O–H groups in total. The first-order chi connectivity index (χ1) is 20.6. The maximum atomic E-state index is 13.5. The van der Waals surface area contributed by atoms with E-state index in [2.05, 4.69) is 29.3 Å². The van der Waals surface area contributed by atoms with Gasteiger partial charge in [-0.3, -0.25) is 14.1 Å². The molecule has 3 aromatic rings. The van der Waals surface area contributed by atoms with Crippen molar-refractivity contribution in [2.75, 3.05) is 14.1 Å². The molecule has 1 aliphatic heterocycles. The molecular weight excluding hydrogens is 582 g/mol. The average molecular weight is 626 g/mol. The highest BCUT2D eigenvalue weighted by atomic mass is 32.2. The maximum absolute atomic E-state index is 13.5. The molecule has 0 spiro atoms. The highest BCUT2D eigenvalue weighted by molar-refractivity contribution is 7.85. The van der Waals surface area contributed by atoms with Crippen LogP contribution in [0.4, 0.5) is 0 Å². The first-order valence-corrected chi connectivity index (χ1v) is 16.3. The number of ether oxygens (including phenoxy) is 2. The number of hydrogen-bond acceptors (Lipinski definition) is 7. The molecule has 44 heavy (non-hydrogen) atoms. The van der Waals surface area contributed by atoms with E-state index in [1.807, 2.05) is 46.8 Å². The SMILES string of the molecule is Cc1cc(C)c(CNC(=O)c2c(C3CCC(N(C)C)CC3)cc3c(c2C)OC(C)O3)c(=O)[nH]1.Cc1ccc(S(=O)(=O)O)cc1. The molecule has 10 nitrogen and oxygen atoms in total. The zero-order valence-electron chi connectivity index (χ0n) is 26.5. The fraction of sp³-hybridized carbons (Fsp3) is 0.455. The number of nitrogens with zero attached hydrogens (tertiary/aromatic N) is 1. The van der Waals surface area contributed by atoms with Crippen molar-refractivity contribution in [3.05, 3.63) is 85.8 Å². The van der Waals surface area contributed by atoms with Crippen LogP contribution < -0.4 is 20.3 Å². The van der Waals surface area contributed by atoms with Gasteiger partial charge in [0.05, 0.1) is 4.90 Å². The monoisotopic (exact) mass is 625 g/mol. The number of hydrogen-bond donors (Lipinski definition) is 3. The Morgan fingerprint density at radius 3 is 2.23 bits per heavy atom. The van der Waals surface area contributed by atoms with Crippen LogP contribution in [-0.4, -0.2) is 55.2 Å². The van der Waals surface area contributed by atoms with Gasteiger partial charge in [0.15, 0.2) is 11.5 Å². The molecule has 1 fully saturated rings. The van der Waals surface area contributed by atoms with Crippen molar-refractivity contribution in [1.82, 2.24) is 15.2 Å². The summed E-state index contributed by atoms with van der Waals surface area (Å²) >= 11 is 0. The Labute approximate surface area is 259 Å². The molecule has 1 aromatic heterocycles. The molecule has 1 unspecified atom stereocenters. The Morgan fingerprint density at radius 2 is 1.66 bits per heavy atom. The number of nitrogens with one attached hydrogen (secondary N) is 2. The van der Waals surface area contributed by atoms with Crippen molar-refractivity contribution < 1.29 is 27.2 Å². The van der Waals surface area contributed by atoms with Gasteiger partial charge in [0, 0.05) is 41.9 Å². The fourth-order valence-corrected chi connectivity index (χ4v) is 6.47. The number of benzene rings is 2. The summed E-state index contributed by atoms with van der Waals surface area (Å²) in [6, 6.07) is 10.5. The van der Waals surface area contributed by atoms with Crippen LogP contribution in [0.15, 0.2) is 46.1 Å². The van der Waals surface area contributed by atoms with Crippen molar-refractivity contribution in [2.45, 2.75) is 90.0 Å². The minimum absolute atomic E-state index is 0.0666. The van der Waals surface area contributed by atoms with Crippen LogP contribution in [0.2, 0.25) is 0 Å². The molecule has 1 atom stereocenters. The summed E-state index contributed by atoms with van der Waals surface area (Å²) in [7, 11) is 0.240. The molecule has 11 heteroatoms. The molecule has 1 saturated carbocycles. The third-order valence-electron chi connectivity index (χ3n) is 8.42. The predicted octanol–water partition coefficient (Wildman–Crippen LogP) is 5.18. The predicted molar refractivity (Wildman–Crippen MR) is 169 cm³/mol. The average Bonchev–Trinajstić information content (AvgIpc) is 3.33. The maximum Gasteiger partial charge on any atom is 0.294 e. The lowest BCUT2D eigenvalue weighted by molar-refractivity contribution is 0.0673. The number of rotatable bonds is 6. The van der Waals surface area contributed by atoms with E-state index < -0.39 is 10.1 Å². The van der Waals surface area contributed by atoms with Crippen LogP contribution in [0.25, 0.3) is 0 Å². The number of aryl methyl sites for hydroxylation is 3. The van der Waals surface area contributed by atoms with E-state index in [4.69, 9.17) is 14.0 Å². The van der Waals surface area contributed by atoms with Crippen molar-refractivity contribution >= 4 is 16.0 Å². The second kappa shape index (κ2) is 13.5. The smallest absolute Gasteiger partial charge is 0.294 e. The van der Waals surface area contributed by atoms with Gasteiger partial charge in [-0.05, 0) is 109 Å². The Hall–Kier alpha value is -3.67. The van der Waals surface area contributed by atoms with E-state index in [-0.39, 0.29) is 35.1 Å². The van der Waals surface area contributed by atoms with E-state index in [9.17, 15) is 18.0 Å². The van der Waals surface area contributed by atoms with Crippen LogP contribution >= 0.6 is 0 Å². The highest BCUT2D eigenvalue weighted by Crippen LogP contribution is 2.45. The van der Waals surface area contributed by atoms with E-state index in [1.165, 1.54) is 12.1 Å². The molecule has 1 aliphatic carbocycles. The Kier molecular flexibility index (Phi) is 10.2. The number of amides is 1. The van der Waals surface area contributed by atoms with Gasteiger partial charge in [0.2, 0.25) is 6.29 Å². The first-order valence-electron chi connectivity index (χ1n) is 14.8. The summed E-state index contributed by atoms with van der Waals surface area (Å²) in [6.45, 7) is 9.55. The van der Waals surface area contributed by atoms with Gasteiger partial charge >= 0.3 is 0 Å². The minimum Gasteiger partial charge on any atom is -0.451 e. The topological polar surface area (TPSA) is 138 Å². The second-order valence-electron chi connectivity index (χ2n) is 12.0. The molecule has 2 heterocycles. The zero-order valence-corrected chi connectivity index (χ0v) is 27.3. The van der Waals surface area contributed by atoms with Crippen molar-refractivity contribution in [1.29, 1.82) is 0 Å². The molecule has 0 bridgehead atoms. The molecule has 238 valence electrons. The molecule has 2 aromatic carbocycles. The summed E-state index contributed by atoms with van der Waals surface area (Å²) in [4.78, 5) is 31.0. The van der Waals surface area contributed by atoms with Crippen molar-refractivity contribution in [3.63, 3.8) is 0 Å². The van der Waals surface area contributed by atoms with E-state index in [0.29, 0.717) is 28.7 Å².